The highest BCUT2D eigenvalue weighted by molar-refractivity contribution is 5.73. The third-order valence-electron chi connectivity index (χ3n) is 2.49. The van der Waals surface area contributed by atoms with Crippen molar-refractivity contribution in [3.8, 4) is 0 Å². The molecule has 2 N–H and O–H groups in total. The van der Waals surface area contributed by atoms with Gasteiger partial charge in [-0.25, -0.2) is 0 Å². The fourth-order valence-electron chi connectivity index (χ4n) is 1.57. The van der Waals surface area contributed by atoms with Crippen molar-refractivity contribution in [3.05, 3.63) is 20.4 Å². The highest BCUT2D eigenvalue weighted by atomic mass is 16.2. The Morgan fingerprint density at radius 3 is 2.25 bits per heavy atom. The lowest BCUT2D eigenvalue weighted by atomic mass is 10.2. The lowest BCUT2D eigenvalue weighted by molar-refractivity contribution is 0.396. The fraction of sp³-hybridized carbons (Fsp3) is 0.636. The average molecular weight is 225 g/mol. The van der Waals surface area contributed by atoms with Crippen molar-refractivity contribution in [1.29, 1.82) is 0 Å². The Bertz CT molecular complexity index is 405. The molecular formula is C11H19N3O2. The van der Waals surface area contributed by atoms with E-state index in [0.717, 1.165) is 25.9 Å². The number of unbranched alkanes of at least 4 members (excludes halogenated alkanes) is 1. The molecule has 0 spiro atoms. The van der Waals surface area contributed by atoms with Crippen LogP contribution < -0.4 is 21.5 Å². The number of hydrogen-bond acceptors (Lipinski definition) is 5. The highest BCUT2D eigenvalue weighted by Crippen LogP contribution is 2.12. The molecule has 16 heavy (non-hydrogen) atoms. The minimum atomic E-state index is -0.418. The second kappa shape index (κ2) is 5.65. The first-order valence-corrected chi connectivity index (χ1v) is 5.47. The molecule has 1 aromatic carbocycles. The zero-order chi connectivity index (χ0) is 12.1. The van der Waals surface area contributed by atoms with E-state index in [9.17, 15) is 9.59 Å². The summed E-state index contributed by atoms with van der Waals surface area (Å²) in [6.07, 6.45) is 2.06. The molecule has 90 valence electrons. The van der Waals surface area contributed by atoms with Gasteiger partial charge in [0.25, 0.3) is 10.9 Å². The van der Waals surface area contributed by atoms with Crippen molar-refractivity contribution in [2.24, 2.45) is 0 Å². The molecule has 0 saturated heterocycles. The number of hydrogen-bond donors (Lipinski definition) is 2. The number of rotatable bonds is 7. The third kappa shape index (κ3) is 2.82. The minimum absolute atomic E-state index is 0.406. The second-order valence-electron chi connectivity index (χ2n) is 4.10. The summed E-state index contributed by atoms with van der Waals surface area (Å²) in [5.41, 5.74) is 0.0326. The van der Waals surface area contributed by atoms with E-state index in [0.29, 0.717) is 11.4 Å². The van der Waals surface area contributed by atoms with E-state index in [-0.39, 0.29) is 0 Å². The van der Waals surface area contributed by atoms with Gasteiger partial charge in [-0.15, -0.1) is 0 Å². The first kappa shape index (κ1) is 12.7. The molecule has 5 heteroatoms. The van der Waals surface area contributed by atoms with Crippen molar-refractivity contribution in [2.45, 2.75) is 12.8 Å². The van der Waals surface area contributed by atoms with Crippen LogP contribution in [0.15, 0.2) is 9.59 Å². The lowest BCUT2D eigenvalue weighted by Gasteiger charge is -2.13. The Hall–Kier alpha value is -1.36. The summed E-state index contributed by atoms with van der Waals surface area (Å²) in [6.45, 7) is 1.76. The van der Waals surface area contributed by atoms with E-state index in [4.69, 9.17) is 0 Å². The Kier molecular flexibility index (Phi) is 4.49. The highest BCUT2D eigenvalue weighted by Gasteiger charge is 2.18. The van der Waals surface area contributed by atoms with Crippen LogP contribution in [0.25, 0.3) is 0 Å². The van der Waals surface area contributed by atoms with Gasteiger partial charge >= 0.3 is 0 Å². The van der Waals surface area contributed by atoms with Crippen LogP contribution in [0.5, 0.6) is 0 Å². The molecule has 0 amide bonds. The molecule has 0 bridgehead atoms. The van der Waals surface area contributed by atoms with Crippen LogP contribution in [0.2, 0.25) is 0 Å². The van der Waals surface area contributed by atoms with Crippen LogP contribution in [0.1, 0.15) is 12.8 Å². The van der Waals surface area contributed by atoms with Crippen LogP contribution in [-0.4, -0.2) is 39.1 Å². The van der Waals surface area contributed by atoms with E-state index in [1.165, 1.54) is 0 Å². The number of nitrogens with one attached hydrogen (secondary N) is 2. The molecule has 0 atom stereocenters. The average Bonchev–Trinajstić information content (AvgIpc) is 2.26. The fourth-order valence-corrected chi connectivity index (χ4v) is 1.57. The van der Waals surface area contributed by atoms with Crippen LogP contribution in [0.3, 0.4) is 0 Å². The first-order valence-electron chi connectivity index (χ1n) is 5.47. The normalized spacial score (nSPS) is 11.0. The van der Waals surface area contributed by atoms with E-state index in [1.807, 2.05) is 14.1 Å². The Morgan fingerprint density at radius 1 is 1.06 bits per heavy atom. The lowest BCUT2D eigenvalue weighted by Crippen LogP contribution is -2.36. The summed E-state index contributed by atoms with van der Waals surface area (Å²) in [6, 6.07) is 0. The molecule has 0 aliphatic rings. The van der Waals surface area contributed by atoms with Crippen LogP contribution in [-0.2, 0) is 0 Å². The van der Waals surface area contributed by atoms with Gasteiger partial charge in [-0.1, -0.05) is 0 Å². The van der Waals surface area contributed by atoms with Gasteiger partial charge in [0.15, 0.2) is 0 Å². The number of nitrogens with zero attached hydrogens (tertiary/aromatic N) is 1. The summed E-state index contributed by atoms with van der Waals surface area (Å²) in [7, 11) is 5.71. The van der Waals surface area contributed by atoms with E-state index in [2.05, 4.69) is 15.5 Å². The van der Waals surface area contributed by atoms with Gasteiger partial charge in [0.05, 0.1) is 0 Å². The van der Waals surface area contributed by atoms with Crippen molar-refractivity contribution in [2.75, 3.05) is 44.9 Å². The Morgan fingerprint density at radius 2 is 1.69 bits per heavy atom. The van der Waals surface area contributed by atoms with Crippen molar-refractivity contribution in [3.63, 3.8) is 0 Å². The van der Waals surface area contributed by atoms with E-state index >= 15 is 0 Å². The first-order chi connectivity index (χ1) is 7.57. The van der Waals surface area contributed by atoms with Gasteiger partial charge in [-0.3, -0.25) is 9.59 Å². The predicted molar refractivity (Wildman–Crippen MR) is 67.2 cm³/mol. The molecule has 0 fully saturated rings. The summed E-state index contributed by atoms with van der Waals surface area (Å²) in [5, 5.41) is 5.73. The maximum Gasteiger partial charge on any atom is 0.253 e. The second-order valence-corrected chi connectivity index (χ2v) is 4.10. The maximum atomic E-state index is 11.2. The van der Waals surface area contributed by atoms with Gasteiger partial charge in [0, 0.05) is 13.6 Å². The molecule has 0 aliphatic heterocycles. The summed E-state index contributed by atoms with van der Waals surface area (Å²) in [5.74, 6) is 0. The van der Waals surface area contributed by atoms with Crippen LogP contribution in [0.4, 0.5) is 11.4 Å². The van der Waals surface area contributed by atoms with Gasteiger partial charge in [-0.2, -0.15) is 0 Å². The molecule has 0 heterocycles. The van der Waals surface area contributed by atoms with E-state index < -0.39 is 10.9 Å². The summed E-state index contributed by atoms with van der Waals surface area (Å²) >= 11 is 0. The van der Waals surface area contributed by atoms with Crippen molar-refractivity contribution in [1.82, 2.24) is 4.90 Å². The van der Waals surface area contributed by atoms with Crippen LogP contribution in [0, 0.1) is 0 Å². The van der Waals surface area contributed by atoms with Gasteiger partial charge in [-0.05, 0) is 33.5 Å². The molecule has 1 rings (SSSR count). The Labute approximate surface area is 95.1 Å². The van der Waals surface area contributed by atoms with Crippen molar-refractivity contribution < 1.29 is 0 Å². The monoisotopic (exact) mass is 225 g/mol. The molecule has 0 aromatic heterocycles. The molecular weight excluding hydrogens is 206 g/mol. The molecule has 1 aromatic rings. The van der Waals surface area contributed by atoms with Crippen molar-refractivity contribution >= 4 is 11.4 Å². The topological polar surface area (TPSA) is 61.4 Å². The summed E-state index contributed by atoms with van der Waals surface area (Å²) < 4.78 is 0. The Balaban J connectivity index is 2.30. The van der Waals surface area contributed by atoms with Gasteiger partial charge in [0.2, 0.25) is 0 Å². The van der Waals surface area contributed by atoms with Gasteiger partial charge < -0.3 is 15.5 Å². The quantitative estimate of drug-likeness (QED) is 0.508. The minimum Gasteiger partial charge on any atom is -0.383 e. The predicted octanol–water partition coefficient (Wildman–Crippen LogP) is 0.0780. The molecule has 0 radical (unpaired) electrons. The van der Waals surface area contributed by atoms with Gasteiger partial charge in [0.1, 0.15) is 11.4 Å². The maximum absolute atomic E-state index is 11.2. The molecule has 0 aliphatic carbocycles. The molecule has 0 saturated carbocycles. The molecule has 5 nitrogen and oxygen atoms in total. The standard InChI is InChI=1S/C11H19N3O2/c1-12-8-9(11(16)10(8)15)13-6-4-5-7-14(2)3/h12-13H,4-7H2,1-3H3. The van der Waals surface area contributed by atoms with Crippen LogP contribution >= 0.6 is 0 Å². The van der Waals surface area contributed by atoms with E-state index in [1.54, 1.807) is 7.05 Å². The number of anilines is 2. The zero-order valence-corrected chi connectivity index (χ0v) is 10.1. The molecule has 0 unspecified atom stereocenters. The third-order valence-corrected chi connectivity index (χ3v) is 2.49. The largest absolute Gasteiger partial charge is 0.383 e. The smallest absolute Gasteiger partial charge is 0.253 e. The SMILES string of the molecule is CNc1c(NCCCCN(C)C)c(=O)c1=O. The zero-order valence-electron chi connectivity index (χ0n) is 10.1. The summed E-state index contributed by atoms with van der Waals surface area (Å²) in [4.78, 5) is 24.4.